The minimum absolute atomic E-state index is 0.721. The van der Waals surface area contributed by atoms with Crippen molar-refractivity contribution in [1.29, 1.82) is 0 Å². The Kier molecular flexibility index (Phi) is 5.57. The zero-order chi connectivity index (χ0) is 25.5. The average molecular weight is 506 g/mol. The van der Waals surface area contributed by atoms with Gasteiger partial charge in [0.05, 0.1) is 11.0 Å². The molecular formula is C36H24ClN. The molecular weight excluding hydrogens is 482 g/mol. The van der Waals surface area contributed by atoms with Crippen LogP contribution in [0.1, 0.15) is 0 Å². The SMILES string of the molecule is Clc1cc(-c2ccccc2)cc(-n2c3ccc(-c4ccccc4)cc3c3cc(-c4ccccc4)ccc32)c1. The van der Waals surface area contributed by atoms with Crippen LogP contribution in [0, 0.1) is 0 Å². The summed E-state index contributed by atoms with van der Waals surface area (Å²) in [6.45, 7) is 0. The van der Waals surface area contributed by atoms with Gasteiger partial charge in [0.15, 0.2) is 0 Å². The molecule has 1 aromatic heterocycles. The Morgan fingerprint density at radius 1 is 0.368 bits per heavy atom. The minimum Gasteiger partial charge on any atom is -0.309 e. The summed E-state index contributed by atoms with van der Waals surface area (Å²) in [7, 11) is 0. The molecule has 0 unspecified atom stereocenters. The number of aromatic nitrogens is 1. The van der Waals surface area contributed by atoms with Gasteiger partial charge in [-0.15, -0.1) is 0 Å². The van der Waals surface area contributed by atoms with Gasteiger partial charge in [-0.2, -0.15) is 0 Å². The van der Waals surface area contributed by atoms with E-state index < -0.39 is 0 Å². The summed E-state index contributed by atoms with van der Waals surface area (Å²) in [5, 5.41) is 3.17. The van der Waals surface area contributed by atoms with E-state index in [-0.39, 0.29) is 0 Å². The van der Waals surface area contributed by atoms with Crippen molar-refractivity contribution >= 4 is 33.4 Å². The average Bonchev–Trinajstić information content (AvgIpc) is 3.31. The van der Waals surface area contributed by atoms with Gasteiger partial charge in [0, 0.05) is 21.5 Å². The van der Waals surface area contributed by atoms with E-state index >= 15 is 0 Å². The number of halogens is 1. The zero-order valence-corrected chi connectivity index (χ0v) is 21.4. The van der Waals surface area contributed by atoms with Crippen molar-refractivity contribution in [2.75, 3.05) is 0 Å². The second-order valence-corrected chi connectivity index (χ2v) is 10.0. The van der Waals surface area contributed by atoms with Crippen LogP contribution in [0.2, 0.25) is 5.02 Å². The van der Waals surface area contributed by atoms with Gasteiger partial charge in [-0.25, -0.2) is 0 Å². The molecule has 7 rings (SSSR count). The highest BCUT2D eigenvalue weighted by atomic mass is 35.5. The maximum absolute atomic E-state index is 6.72. The van der Waals surface area contributed by atoms with Crippen molar-refractivity contribution in [2.24, 2.45) is 0 Å². The molecule has 0 aliphatic carbocycles. The molecule has 38 heavy (non-hydrogen) atoms. The van der Waals surface area contributed by atoms with Crippen LogP contribution in [-0.4, -0.2) is 4.57 Å². The third-order valence-electron chi connectivity index (χ3n) is 7.23. The molecule has 0 N–H and O–H groups in total. The van der Waals surface area contributed by atoms with E-state index in [1.54, 1.807) is 0 Å². The lowest BCUT2D eigenvalue weighted by Crippen LogP contribution is -1.95. The zero-order valence-electron chi connectivity index (χ0n) is 20.7. The van der Waals surface area contributed by atoms with E-state index in [1.165, 1.54) is 33.0 Å². The van der Waals surface area contributed by atoms with Crippen molar-refractivity contribution in [2.45, 2.75) is 0 Å². The molecule has 0 atom stereocenters. The highest BCUT2D eigenvalue weighted by molar-refractivity contribution is 6.31. The summed E-state index contributed by atoms with van der Waals surface area (Å²) in [6.07, 6.45) is 0. The normalized spacial score (nSPS) is 11.3. The summed E-state index contributed by atoms with van der Waals surface area (Å²) in [4.78, 5) is 0. The first-order chi connectivity index (χ1) is 18.7. The van der Waals surface area contributed by atoms with Crippen LogP contribution in [0.5, 0.6) is 0 Å². The Morgan fingerprint density at radius 3 is 1.29 bits per heavy atom. The van der Waals surface area contributed by atoms with Crippen LogP contribution in [-0.2, 0) is 0 Å². The second-order valence-electron chi connectivity index (χ2n) is 9.60. The van der Waals surface area contributed by atoms with Crippen molar-refractivity contribution in [3.8, 4) is 39.1 Å². The third-order valence-corrected chi connectivity index (χ3v) is 7.45. The molecule has 6 aromatic carbocycles. The Labute approximate surface area is 227 Å². The van der Waals surface area contributed by atoms with Crippen molar-refractivity contribution in [1.82, 2.24) is 4.57 Å². The van der Waals surface area contributed by atoms with Gasteiger partial charge in [0.25, 0.3) is 0 Å². The molecule has 0 aliphatic rings. The molecule has 0 bridgehead atoms. The fourth-order valence-corrected chi connectivity index (χ4v) is 5.65. The molecule has 2 heteroatoms. The molecule has 0 radical (unpaired) electrons. The summed E-state index contributed by atoms with van der Waals surface area (Å²) in [6, 6.07) is 51.4. The Hall–Kier alpha value is -4.59. The number of nitrogens with zero attached hydrogens (tertiary/aromatic N) is 1. The molecule has 0 spiro atoms. The van der Waals surface area contributed by atoms with E-state index in [9.17, 15) is 0 Å². The van der Waals surface area contributed by atoms with Crippen LogP contribution in [0.3, 0.4) is 0 Å². The van der Waals surface area contributed by atoms with Crippen LogP contribution in [0.25, 0.3) is 60.9 Å². The number of rotatable bonds is 4. The fraction of sp³-hybridized carbons (Fsp3) is 0. The van der Waals surface area contributed by atoms with E-state index in [0.29, 0.717) is 0 Å². The van der Waals surface area contributed by atoms with Gasteiger partial charge >= 0.3 is 0 Å². The largest absolute Gasteiger partial charge is 0.309 e. The van der Waals surface area contributed by atoms with Crippen LogP contribution in [0.15, 0.2) is 146 Å². The van der Waals surface area contributed by atoms with Crippen molar-refractivity contribution in [3.63, 3.8) is 0 Å². The lowest BCUT2D eigenvalue weighted by Gasteiger charge is -2.12. The van der Waals surface area contributed by atoms with E-state index in [0.717, 1.165) is 32.9 Å². The molecule has 180 valence electrons. The lowest BCUT2D eigenvalue weighted by molar-refractivity contribution is 1.18. The standard InChI is InChI=1S/C36H24ClN/c37-31-20-30(27-14-8-3-9-15-27)21-32(24-31)38-35-18-16-28(25-10-4-1-5-11-25)22-33(35)34-23-29(17-19-36(34)38)26-12-6-2-7-13-26/h1-24H. The smallest absolute Gasteiger partial charge is 0.0541 e. The van der Waals surface area contributed by atoms with Crippen molar-refractivity contribution in [3.05, 3.63) is 151 Å². The summed E-state index contributed by atoms with van der Waals surface area (Å²) in [5.41, 5.74) is 10.5. The number of hydrogen-bond donors (Lipinski definition) is 0. The van der Waals surface area contributed by atoms with Crippen LogP contribution >= 0.6 is 11.6 Å². The second kappa shape index (κ2) is 9.37. The van der Waals surface area contributed by atoms with Gasteiger partial charge in [0.2, 0.25) is 0 Å². The maximum atomic E-state index is 6.72. The van der Waals surface area contributed by atoms with Crippen LogP contribution in [0.4, 0.5) is 0 Å². The Morgan fingerprint density at radius 2 is 0.816 bits per heavy atom. The summed E-state index contributed by atoms with van der Waals surface area (Å²) in [5.74, 6) is 0. The van der Waals surface area contributed by atoms with Gasteiger partial charge in [-0.05, 0) is 75.8 Å². The first-order valence-corrected chi connectivity index (χ1v) is 13.2. The number of benzene rings is 6. The molecule has 0 aliphatic heterocycles. The van der Waals surface area contributed by atoms with E-state index in [1.807, 2.05) is 12.1 Å². The fourth-order valence-electron chi connectivity index (χ4n) is 5.42. The monoisotopic (exact) mass is 505 g/mol. The van der Waals surface area contributed by atoms with Crippen LogP contribution < -0.4 is 0 Å². The lowest BCUT2D eigenvalue weighted by atomic mass is 10.0. The molecule has 0 saturated heterocycles. The summed E-state index contributed by atoms with van der Waals surface area (Å²) >= 11 is 6.72. The number of fused-ring (bicyclic) bond motifs is 3. The predicted molar refractivity (Wildman–Crippen MR) is 162 cm³/mol. The molecule has 7 aromatic rings. The van der Waals surface area contributed by atoms with Gasteiger partial charge in [-0.3, -0.25) is 0 Å². The first-order valence-electron chi connectivity index (χ1n) is 12.8. The third kappa shape index (κ3) is 3.98. The Bertz CT molecular complexity index is 1810. The summed E-state index contributed by atoms with van der Waals surface area (Å²) < 4.78 is 2.34. The highest BCUT2D eigenvalue weighted by Crippen LogP contribution is 2.38. The molecule has 0 amide bonds. The van der Waals surface area contributed by atoms with Crippen molar-refractivity contribution < 1.29 is 0 Å². The first kappa shape index (κ1) is 22.6. The minimum atomic E-state index is 0.721. The highest BCUT2D eigenvalue weighted by Gasteiger charge is 2.16. The quantitative estimate of drug-likeness (QED) is 0.224. The molecule has 1 heterocycles. The molecule has 0 saturated carbocycles. The predicted octanol–water partition coefficient (Wildman–Crippen LogP) is 10.4. The van der Waals surface area contributed by atoms with E-state index in [2.05, 4.69) is 138 Å². The maximum Gasteiger partial charge on any atom is 0.0541 e. The van der Waals surface area contributed by atoms with Gasteiger partial charge in [0.1, 0.15) is 0 Å². The van der Waals surface area contributed by atoms with Gasteiger partial charge < -0.3 is 4.57 Å². The number of hydrogen-bond acceptors (Lipinski definition) is 0. The molecule has 1 nitrogen and oxygen atoms in total. The van der Waals surface area contributed by atoms with E-state index in [4.69, 9.17) is 11.6 Å². The topological polar surface area (TPSA) is 4.93 Å². The molecule has 0 fully saturated rings. The Balaban J connectivity index is 1.51. The van der Waals surface area contributed by atoms with Gasteiger partial charge in [-0.1, -0.05) is 115 Å².